The van der Waals surface area contributed by atoms with Crippen LogP contribution in [0.5, 0.6) is 0 Å². The van der Waals surface area contributed by atoms with Crippen molar-refractivity contribution < 1.29 is 18.0 Å². The SMILES string of the molecule is CCN(CC)C(=O)CNC(=O)CS(=O)(=O)CCCc1ccccc1. The number of aryl methyl sites for hydroxylation is 1. The van der Waals surface area contributed by atoms with Gasteiger partial charge in [0, 0.05) is 13.1 Å². The molecule has 0 aliphatic rings. The molecule has 1 N–H and O–H groups in total. The molecule has 0 unspecified atom stereocenters. The van der Waals surface area contributed by atoms with Crippen LogP contribution >= 0.6 is 0 Å². The molecule has 0 saturated heterocycles. The summed E-state index contributed by atoms with van der Waals surface area (Å²) < 4.78 is 23.9. The van der Waals surface area contributed by atoms with Crippen LogP contribution in [0.2, 0.25) is 0 Å². The average molecular weight is 354 g/mol. The van der Waals surface area contributed by atoms with E-state index in [9.17, 15) is 18.0 Å². The largest absolute Gasteiger partial charge is 0.346 e. The van der Waals surface area contributed by atoms with Crippen molar-refractivity contribution >= 4 is 21.7 Å². The number of carbonyl (C=O) groups is 2. The van der Waals surface area contributed by atoms with Crippen LogP contribution in [-0.2, 0) is 25.8 Å². The van der Waals surface area contributed by atoms with Crippen LogP contribution in [0.1, 0.15) is 25.8 Å². The highest BCUT2D eigenvalue weighted by Gasteiger charge is 2.18. The highest BCUT2D eigenvalue weighted by molar-refractivity contribution is 7.92. The lowest BCUT2D eigenvalue weighted by atomic mass is 10.1. The highest BCUT2D eigenvalue weighted by atomic mass is 32.2. The van der Waals surface area contributed by atoms with Crippen LogP contribution in [0.4, 0.5) is 0 Å². The van der Waals surface area contributed by atoms with Crippen molar-refractivity contribution in [3.63, 3.8) is 0 Å². The Hall–Kier alpha value is -1.89. The smallest absolute Gasteiger partial charge is 0.241 e. The van der Waals surface area contributed by atoms with Crippen molar-refractivity contribution in [3.8, 4) is 0 Å². The fourth-order valence-electron chi connectivity index (χ4n) is 2.33. The van der Waals surface area contributed by atoms with E-state index in [0.717, 1.165) is 5.56 Å². The first kappa shape index (κ1) is 20.2. The lowest BCUT2D eigenvalue weighted by molar-refractivity contribution is -0.132. The van der Waals surface area contributed by atoms with Gasteiger partial charge in [0.05, 0.1) is 12.3 Å². The summed E-state index contributed by atoms with van der Waals surface area (Å²) >= 11 is 0. The zero-order chi connectivity index (χ0) is 18.0. The molecule has 7 heteroatoms. The van der Waals surface area contributed by atoms with E-state index in [2.05, 4.69) is 5.32 Å². The molecule has 0 heterocycles. The summed E-state index contributed by atoms with van der Waals surface area (Å²) in [7, 11) is -3.47. The second kappa shape index (κ2) is 10.1. The first-order valence-corrected chi connectivity index (χ1v) is 9.99. The third-order valence-electron chi connectivity index (χ3n) is 3.67. The minimum atomic E-state index is -3.47. The van der Waals surface area contributed by atoms with Gasteiger partial charge in [0.25, 0.3) is 0 Å². The molecule has 0 saturated carbocycles. The molecule has 0 aromatic heterocycles. The molecule has 1 aromatic carbocycles. The summed E-state index contributed by atoms with van der Waals surface area (Å²) in [6.07, 6.45) is 1.13. The Morgan fingerprint density at radius 3 is 2.29 bits per heavy atom. The second-order valence-corrected chi connectivity index (χ2v) is 7.71. The molecule has 24 heavy (non-hydrogen) atoms. The summed E-state index contributed by atoms with van der Waals surface area (Å²) in [4.78, 5) is 25.1. The average Bonchev–Trinajstić information content (AvgIpc) is 2.54. The summed E-state index contributed by atoms with van der Waals surface area (Å²) in [6.45, 7) is 4.65. The molecule has 0 atom stereocenters. The first-order chi connectivity index (χ1) is 11.4. The van der Waals surface area contributed by atoms with Crippen molar-refractivity contribution in [1.29, 1.82) is 0 Å². The predicted molar refractivity (Wildman–Crippen MR) is 94.4 cm³/mol. The summed E-state index contributed by atoms with van der Waals surface area (Å²) in [5, 5.41) is 2.39. The maximum absolute atomic E-state index is 12.0. The summed E-state index contributed by atoms with van der Waals surface area (Å²) in [5.41, 5.74) is 1.07. The molecule has 0 spiro atoms. The van der Waals surface area contributed by atoms with Crippen LogP contribution in [0, 0.1) is 0 Å². The molecule has 0 bridgehead atoms. The second-order valence-electron chi connectivity index (χ2n) is 5.52. The lowest BCUT2D eigenvalue weighted by Crippen LogP contribution is -2.41. The number of hydrogen-bond acceptors (Lipinski definition) is 4. The number of amides is 2. The Balaban J connectivity index is 2.35. The van der Waals surface area contributed by atoms with Crippen molar-refractivity contribution in [2.24, 2.45) is 0 Å². The summed E-state index contributed by atoms with van der Waals surface area (Å²) in [5.74, 6) is -1.46. The predicted octanol–water partition coefficient (Wildman–Crippen LogP) is 1.02. The number of nitrogens with zero attached hydrogens (tertiary/aromatic N) is 1. The zero-order valence-corrected chi connectivity index (χ0v) is 15.1. The van der Waals surface area contributed by atoms with Gasteiger partial charge in [0.1, 0.15) is 5.75 Å². The van der Waals surface area contributed by atoms with E-state index in [0.29, 0.717) is 25.9 Å². The van der Waals surface area contributed by atoms with E-state index in [-0.39, 0.29) is 18.2 Å². The van der Waals surface area contributed by atoms with E-state index < -0.39 is 21.5 Å². The molecule has 0 aliphatic carbocycles. The van der Waals surface area contributed by atoms with E-state index in [4.69, 9.17) is 0 Å². The van der Waals surface area contributed by atoms with E-state index in [1.807, 2.05) is 44.2 Å². The number of hydrogen-bond donors (Lipinski definition) is 1. The Kier molecular flexibility index (Phi) is 8.46. The monoisotopic (exact) mass is 354 g/mol. The first-order valence-electron chi connectivity index (χ1n) is 8.16. The van der Waals surface area contributed by atoms with Crippen LogP contribution in [0.15, 0.2) is 30.3 Å². The topological polar surface area (TPSA) is 83.6 Å². The fraction of sp³-hybridized carbons (Fsp3) is 0.529. The molecular formula is C17H26N2O4S. The van der Waals surface area contributed by atoms with Gasteiger partial charge in [0.2, 0.25) is 11.8 Å². The Labute approximate surface area is 144 Å². The molecule has 134 valence electrons. The van der Waals surface area contributed by atoms with E-state index >= 15 is 0 Å². The van der Waals surface area contributed by atoms with Crippen LogP contribution < -0.4 is 5.32 Å². The van der Waals surface area contributed by atoms with Crippen LogP contribution in [0.25, 0.3) is 0 Å². The van der Waals surface area contributed by atoms with Gasteiger partial charge in [0.15, 0.2) is 9.84 Å². The van der Waals surface area contributed by atoms with Crippen molar-refractivity contribution in [1.82, 2.24) is 10.2 Å². The Morgan fingerprint density at radius 2 is 1.71 bits per heavy atom. The van der Waals surface area contributed by atoms with Gasteiger partial charge in [-0.2, -0.15) is 0 Å². The number of likely N-dealkylation sites (N-methyl/N-ethyl adjacent to an activating group) is 1. The molecule has 1 aromatic rings. The van der Waals surface area contributed by atoms with Crippen LogP contribution in [-0.4, -0.2) is 56.3 Å². The normalized spacial score (nSPS) is 11.1. The number of sulfone groups is 1. The molecule has 6 nitrogen and oxygen atoms in total. The Morgan fingerprint density at radius 1 is 1.08 bits per heavy atom. The van der Waals surface area contributed by atoms with Crippen LogP contribution in [0.3, 0.4) is 0 Å². The third-order valence-corrected chi connectivity index (χ3v) is 5.28. The quantitative estimate of drug-likeness (QED) is 0.680. The maximum atomic E-state index is 12.0. The molecule has 0 radical (unpaired) electrons. The summed E-state index contributed by atoms with van der Waals surface area (Å²) in [6, 6.07) is 9.61. The van der Waals surface area contributed by atoms with Gasteiger partial charge in [-0.15, -0.1) is 0 Å². The van der Waals surface area contributed by atoms with Gasteiger partial charge in [-0.25, -0.2) is 8.42 Å². The minimum absolute atomic E-state index is 0.0424. The molecule has 0 fully saturated rings. The lowest BCUT2D eigenvalue weighted by Gasteiger charge is -2.18. The zero-order valence-electron chi connectivity index (χ0n) is 14.3. The number of nitrogens with one attached hydrogen (secondary N) is 1. The van der Waals surface area contributed by atoms with E-state index in [1.54, 1.807) is 4.90 Å². The Bertz CT molecular complexity index is 625. The third kappa shape index (κ3) is 7.59. The number of rotatable bonds is 10. The minimum Gasteiger partial charge on any atom is -0.346 e. The fourth-order valence-corrected chi connectivity index (χ4v) is 3.56. The number of benzene rings is 1. The molecule has 0 aliphatic heterocycles. The van der Waals surface area contributed by atoms with Gasteiger partial charge in [-0.05, 0) is 32.3 Å². The standard InChI is InChI=1S/C17H26N2O4S/c1-3-19(4-2)17(21)13-18-16(20)14-24(22,23)12-8-11-15-9-6-5-7-10-15/h5-7,9-10H,3-4,8,11-14H2,1-2H3,(H,18,20). The van der Waals surface area contributed by atoms with Gasteiger partial charge in [-0.3, -0.25) is 9.59 Å². The van der Waals surface area contributed by atoms with Crippen molar-refractivity contribution in [3.05, 3.63) is 35.9 Å². The molecular weight excluding hydrogens is 328 g/mol. The molecule has 2 amide bonds. The maximum Gasteiger partial charge on any atom is 0.241 e. The van der Waals surface area contributed by atoms with Gasteiger partial charge >= 0.3 is 0 Å². The van der Waals surface area contributed by atoms with Crippen molar-refractivity contribution in [2.75, 3.05) is 31.1 Å². The van der Waals surface area contributed by atoms with Gasteiger partial charge < -0.3 is 10.2 Å². The van der Waals surface area contributed by atoms with Gasteiger partial charge in [-0.1, -0.05) is 30.3 Å². The number of carbonyl (C=O) groups excluding carboxylic acids is 2. The highest BCUT2D eigenvalue weighted by Crippen LogP contribution is 2.04. The van der Waals surface area contributed by atoms with E-state index in [1.165, 1.54) is 0 Å². The van der Waals surface area contributed by atoms with Crippen molar-refractivity contribution in [2.45, 2.75) is 26.7 Å². The molecule has 1 rings (SSSR count).